The van der Waals surface area contributed by atoms with Crippen LogP contribution in [0.3, 0.4) is 0 Å². The van der Waals surface area contributed by atoms with Gasteiger partial charge in [-0.05, 0) is 52.6 Å². The van der Waals surface area contributed by atoms with Gasteiger partial charge in [0, 0.05) is 6.54 Å². The molecular weight excluding hydrogens is 230 g/mol. The second kappa shape index (κ2) is 6.02. The Morgan fingerprint density at radius 3 is 2.28 bits per heavy atom. The first-order valence-corrected chi connectivity index (χ1v) is 6.97. The number of nitrogens with zero attached hydrogens (tertiary/aromatic N) is 1. The van der Waals surface area contributed by atoms with E-state index in [1.165, 1.54) is 0 Å². The zero-order valence-electron chi connectivity index (χ0n) is 11.9. The summed E-state index contributed by atoms with van der Waals surface area (Å²) in [6, 6.07) is 0. The minimum atomic E-state index is -0.634. The molecule has 0 amide bonds. The summed E-state index contributed by atoms with van der Waals surface area (Å²) in [5, 5.41) is 19.1. The highest BCUT2D eigenvalue weighted by Crippen LogP contribution is 2.36. The van der Waals surface area contributed by atoms with Gasteiger partial charge >= 0.3 is 5.97 Å². The molecule has 0 aromatic carbocycles. The van der Waals surface area contributed by atoms with E-state index in [1.807, 2.05) is 20.8 Å². The van der Waals surface area contributed by atoms with E-state index in [4.69, 9.17) is 0 Å². The third-order valence-electron chi connectivity index (χ3n) is 4.04. The van der Waals surface area contributed by atoms with Crippen molar-refractivity contribution in [2.24, 2.45) is 5.41 Å². The summed E-state index contributed by atoms with van der Waals surface area (Å²) < 4.78 is 0. The van der Waals surface area contributed by atoms with E-state index >= 15 is 0 Å². The van der Waals surface area contributed by atoms with Crippen LogP contribution < -0.4 is 0 Å². The topological polar surface area (TPSA) is 60.8 Å². The lowest BCUT2D eigenvalue weighted by Crippen LogP contribution is -2.45. The summed E-state index contributed by atoms with van der Waals surface area (Å²) in [7, 11) is 0. The average Bonchev–Trinajstić information content (AvgIpc) is 2.27. The third kappa shape index (κ3) is 4.25. The first-order chi connectivity index (χ1) is 8.29. The summed E-state index contributed by atoms with van der Waals surface area (Å²) >= 11 is 0. The summed E-state index contributed by atoms with van der Waals surface area (Å²) in [5.41, 5.74) is -1.13. The van der Waals surface area contributed by atoms with E-state index in [0.29, 0.717) is 0 Å². The summed E-state index contributed by atoms with van der Waals surface area (Å²) in [5.74, 6) is -0.633. The van der Waals surface area contributed by atoms with Gasteiger partial charge in [-0.2, -0.15) is 0 Å². The zero-order chi connectivity index (χ0) is 13.8. The molecule has 1 saturated heterocycles. The highest BCUT2D eigenvalue weighted by atomic mass is 16.4. The van der Waals surface area contributed by atoms with Crippen LogP contribution in [-0.4, -0.2) is 46.3 Å². The lowest BCUT2D eigenvalue weighted by molar-refractivity contribution is -0.152. The van der Waals surface area contributed by atoms with E-state index in [1.54, 1.807) is 0 Å². The second-order valence-corrected chi connectivity index (χ2v) is 6.24. The number of aliphatic carboxylic acids is 1. The quantitative estimate of drug-likeness (QED) is 0.765. The van der Waals surface area contributed by atoms with Crippen LogP contribution in [0, 0.1) is 5.41 Å². The second-order valence-electron chi connectivity index (χ2n) is 6.24. The SMILES string of the molecule is CCCC1(C(=O)O)CCN(CCC(C)(C)O)CC1. The number of carboxylic acids is 1. The third-order valence-corrected chi connectivity index (χ3v) is 4.04. The Labute approximate surface area is 110 Å². The van der Waals surface area contributed by atoms with E-state index in [9.17, 15) is 15.0 Å². The Hall–Kier alpha value is -0.610. The van der Waals surface area contributed by atoms with Crippen LogP contribution in [0.25, 0.3) is 0 Å². The van der Waals surface area contributed by atoms with Crippen LogP contribution in [0.4, 0.5) is 0 Å². The molecule has 0 aromatic rings. The maximum Gasteiger partial charge on any atom is 0.309 e. The molecule has 1 aliphatic rings. The molecule has 0 aromatic heterocycles. The number of aliphatic hydroxyl groups is 1. The van der Waals surface area contributed by atoms with Crippen LogP contribution in [0.15, 0.2) is 0 Å². The summed E-state index contributed by atoms with van der Waals surface area (Å²) in [6.07, 6.45) is 3.92. The number of carbonyl (C=O) groups is 1. The monoisotopic (exact) mass is 257 g/mol. The molecule has 0 unspecified atom stereocenters. The Kier molecular flexibility index (Phi) is 5.17. The molecule has 106 valence electrons. The van der Waals surface area contributed by atoms with E-state index in [0.717, 1.165) is 51.7 Å². The maximum atomic E-state index is 11.4. The molecule has 4 nitrogen and oxygen atoms in total. The van der Waals surface area contributed by atoms with Crippen molar-refractivity contribution in [2.45, 2.75) is 58.5 Å². The largest absolute Gasteiger partial charge is 0.481 e. The predicted octanol–water partition coefficient (Wildman–Crippen LogP) is 2.11. The Morgan fingerprint density at radius 1 is 1.33 bits per heavy atom. The molecule has 4 heteroatoms. The highest BCUT2D eigenvalue weighted by Gasteiger charge is 2.40. The molecule has 0 aliphatic carbocycles. The Bertz CT molecular complexity index is 275. The van der Waals surface area contributed by atoms with Crippen LogP contribution in [0.5, 0.6) is 0 Å². The van der Waals surface area contributed by atoms with E-state index in [2.05, 4.69) is 4.90 Å². The molecular formula is C14H27NO3. The summed E-state index contributed by atoms with van der Waals surface area (Å²) in [6.45, 7) is 8.20. The van der Waals surface area contributed by atoms with Gasteiger partial charge in [-0.1, -0.05) is 13.3 Å². The number of carboxylic acid groups (broad SMARTS) is 1. The van der Waals surface area contributed by atoms with Crippen molar-refractivity contribution in [2.75, 3.05) is 19.6 Å². The van der Waals surface area contributed by atoms with Gasteiger partial charge in [0.25, 0.3) is 0 Å². The van der Waals surface area contributed by atoms with Gasteiger partial charge in [-0.3, -0.25) is 4.79 Å². The smallest absolute Gasteiger partial charge is 0.309 e. The van der Waals surface area contributed by atoms with Crippen molar-refractivity contribution >= 4 is 5.97 Å². The van der Waals surface area contributed by atoms with Crippen LogP contribution in [-0.2, 0) is 4.79 Å². The molecule has 18 heavy (non-hydrogen) atoms. The minimum absolute atomic E-state index is 0.500. The molecule has 1 rings (SSSR count). The standard InChI is InChI=1S/C14H27NO3/c1-4-5-14(12(16)17)7-10-15(11-8-14)9-6-13(2,3)18/h18H,4-11H2,1-3H3,(H,16,17). The van der Waals surface area contributed by atoms with Crippen LogP contribution in [0.1, 0.15) is 52.9 Å². The highest BCUT2D eigenvalue weighted by molar-refractivity contribution is 5.74. The molecule has 0 radical (unpaired) electrons. The van der Waals surface area contributed by atoms with Gasteiger partial charge in [0.05, 0.1) is 11.0 Å². The van der Waals surface area contributed by atoms with Gasteiger partial charge in [-0.15, -0.1) is 0 Å². The molecule has 0 spiro atoms. The first kappa shape index (κ1) is 15.4. The molecule has 2 N–H and O–H groups in total. The summed E-state index contributed by atoms with van der Waals surface area (Å²) in [4.78, 5) is 13.7. The van der Waals surface area contributed by atoms with Crippen LogP contribution >= 0.6 is 0 Å². The van der Waals surface area contributed by atoms with Gasteiger partial charge in [0.2, 0.25) is 0 Å². The van der Waals surface area contributed by atoms with Crippen molar-refractivity contribution in [1.82, 2.24) is 4.90 Å². The number of hydrogen-bond donors (Lipinski definition) is 2. The molecule has 0 bridgehead atoms. The van der Waals surface area contributed by atoms with Gasteiger partial charge < -0.3 is 15.1 Å². The normalized spacial score (nSPS) is 20.9. The fraction of sp³-hybridized carbons (Fsp3) is 0.929. The molecule has 1 aliphatic heterocycles. The van der Waals surface area contributed by atoms with Crippen molar-refractivity contribution in [3.05, 3.63) is 0 Å². The molecule has 0 atom stereocenters. The molecule has 1 heterocycles. The van der Waals surface area contributed by atoms with Gasteiger partial charge in [0.1, 0.15) is 0 Å². The average molecular weight is 257 g/mol. The Morgan fingerprint density at radius 2 is 1.89 bits per heavy atom. The predicted molar refractivity (Wildman–Crippen MR) is 71.6 cm³/mol. The number of likely N-dealkylation sites (tertiary alicyclic amines) is 1. The van der Waals surface area contributed by atoms with Crippen molar-refractivity contribution in [3.8, 4) is 0 Å². The van der Waals surface area contributed by atoms with Crippen molar-refractivity contribution < 1.29 is 15.0 Å². The fourth-order valence-corrected chi connectivity index (χ4v) is 2.69. The van der Waals surface area contributed by atoms with E-state index < -0.39 is 17.0 Å². The lowest BCUT2D eigenvalue weighted by atomic mass is 9.75. The molecule has 1 fully saturated rings. The first-order valence-electron chi connectivity index (χ1n) is 6.97. The number of piperidine rings is 1. The number of hydrogen-bond acceptors (Lipinski definition) is 3. The van der Waals surface area contributed by atoms with Gasteiger partial charge in [-0.25, -0.2) is 0 Å². The molecule has 0 saturated carbocycles. The lowest BCUT2D eigenvalue weighted by Gasteiger charge is -2.39. The van der Waals surface area contributed by atoms with Gasteiger partial charge in [0.15, 0.2) is 0 Å². The minimum Gasteiger partial charge on any atom is -0.481 e. The van der Waals surface area contributed by atoms with Crippen molar-refractivity contribution in [3.63, 3.8) is 0 Å². The maximum absolute atomic E-state index is 11.4. The Balaban J connectivity index is 2.46. The zero-order valence-corrected chi connectivity index (χ0v) is 11.9. The fourth-order valence-electron chi connectivity index (χ4n) is 2.69. The number of rotatable bonds is 6. The van der Waals surface area contributed by atoms with Crippen molar-refractivity contribution in [1.29, 1.82) is 0 Å². The van der Waals surface area contributed by atoms with E-state index in [-0.39, 0.29) is 0 Å². The van der Waals surface area contributed by atoms with Crippen LogP contribution in [0.2, 0.25) is 0 Å².